The highest BCUT2D eigenvalue weighted by molar-refractivity contribution is 7.72. The minimum atomic E-state index is -3.98. The van der Waals surface area contributed by atoms with Gasteiger partial charge in [0, 0.05) is 17.4 Å². The van der Waals surface area contributed by atoms with E-state index in [9.17, 15) is 9.13 Å². The van der Waals surface area contributed by atoms with Crippen molar-refractivity contribution in [3.05, 3.63) is 48.0 Å². The molecule has 1 aromatic heterocycles. The van der Waals surface area contributed by atoms with Gasteiger partial charge in [0.25, 0.3) is 0 Å². The Bertz CT molecular complexity index is 1400. The van der Waals surface area contributed by atoms with Crippen LogP contribution in [0.3, 0.4) is 0 Å². The van der Waals surface area contributed by atoms with E-state index in [0.29, 0.717) is 13.0 Å². The zero-order chi connectivity index (χ0) is 32.8. The predicted molar refractivity (Wildman–Crippen MR) is 178 cm³/mol. The van der Waals surface area contributed by atoms with E-state index >= 15 is 0 Å². The lowest BCUT2D eigenvalue weighted by atomic mass is 10.1. The highest BCUT2D eigenvalue weighted by Gasteiger charge is 2.52. The molecule has 0 fully saturated rings. The van der Waals surface area contributed by atoms with E-state index in [1.807, 2.05) is 36.4 Å². The van der Waals surface area contributed by atoms with Crippen LogP contribution in [-0.4, -0.2) is 48.6 Å². The molecule has 9 nitrogen and oxygen atoms in total. The number of hydrogen-bond acceptors (Lipinski definition) is 8. The summed E-state index contributed by atoms with van der Waals surface area (Å²) in [6.07, 6.45) is -0.988. The smallest absolute Gasteiger partial charge is 0.346 e. The Morgan fingerprint density at radius 1 is 0.682 bits per heavy atom. The highest BCUT2D eigenvalue weighted by atomic mass is 31.2. The molecule has 0 aliphatic carbocycles. The maximum absolute atomic E-state index is 14.6. The lowest BCUT2D eigenvalue weighted by Crippen LogP contribution is -2.24. The fourth-order valence-corrected chi connectivity index (χ4v) is 11.5. The molecule has 0 amide bonds. The first-order valence-corrected chi connectivity index (χ1v) is 18.6. The van der Waals surface area contributed by atoms with Crippen molar-refractivity contribution in [3.63, 3.8) is 0 Å². The van der Waals surface area contributed by atoms with E-state index in [0.717, 1.165) is 39.2 Å². The molecule has 0 unspecified atom stereocenters. The molecule has 0 aliphatic heterocycles. The number of nitrogens with zero attached hydrogens (tertiary/aromatic N) is 1. The maximum atomic E-state index is 14.6. The summed E-state index contributed by atoms with van der Waals surface area (Å²) in [6.45, 7) is 16.9. The molecule has 11 heteroatoms. The van der Waals surface area contributed by atoms with Gasteiger partial charge < -0.3 is 32.1 Å². The maximum Gasteiger partial charge on any atom is 0.346 e. The van der Waals surface area contributed by atoms with Crippen molar-refractivity contribution < 1.29 is 36.7 Å². The standard InChI is InChI=1S/C33H51NO8P2/c1-22(2)39-43(35,40-23(3)4)32(44(36,41-24(5)6)42-25(7)8)13-12-20-34-31-19-18-29(38-11)21-30(31)26(9)33(34)27-14-16-28(37-10)17-15-27/h14-19,21-25,32H,12-13,20H2,1-11H3. The van der Waals surface area contributed by atoms with E-state index in [2.05, 4.69) is 17.6 Å². The van der Waals surface area contributed by atoms with Gasteiger partial charge in [-0.05, 0) is 129 Å². The van der Waals surface area contributed by atoms with Crippen molar-refractivity contribution in [1.29, 1.82) is 0 Å². The predicted octanol–water partition coefficient (Wildman–Crippen LogP) is 9.83. The van der Waals surface area contributed by atoms with Crippen molar-refractivity contribution in [3.8, 4) is 22.8 Å². The molecule has 0 saturated carbocycles. The molecular formula is C33H51NO8P2. The summed E-state index contributed by atoms with van der Waals surface area (Å²) in [5.74, 6) is 1.55. The Morgan fingerprint density at radius 3 is 1.57 bits per heavy atom. The number of hydrogen-bond donors (Lipinski definition) is 0. The summed E-state index contributed by atoms with van der Waals surface area (Å²) >= 11 is 0. The molecule has 0 saturated heterocycles. The summed E-state index contributed by atoms with van der Waals surface area (Å²) < 4.78 is 66.4. The zero-order valence-electron chi connectivity index (χ0n) is 28.2. The van der Waals surface area contributed by atoms with Gasteiger partial charge in [-0.3, -0.25) is 9.13 Å². The Morgan fingerprint density at radius 2 is 1.14 bits per heavy atom. The molecule has 2 aromatic carbocycles. The average Bonchev–Trinajstić information content (AvgIpc) is 3.19. The van der Waals surface area contributed by atoms with Crippen LogP contribution in [-0.2, 0) is 33.8 Å². The summed E-state index contributed by atoms with van der Waals surface area (Å²) in [5.41, 5.74) is 4.22. The van der Waals surface area contributed by atoms with Gasteiger partial charge in [-0.2, -0.15) is 0 Å². The molecule has 3 rings (SSSR count). The van der Waals surface area contributed by atoms with E-state index < -0.39 is 45.0 Å². The van der Waals surface area contributed by atoms with Gasteiger partial charge in [-0.25, -0.2) is 0 Å². The molecule has 0 spiro atoms. The van der Waals surface area contributed by atoms with Crippen LogP contribution >= 0.6 is 15.2 Å². The minimum absolute atomic E-state index is 0.227. The van der Waals surface area contributed by atoms with E-state index in [1.54, 1.807) is 69.6 Å². The van der Waals surface area contributed by atoms with Crippen LogP contribution < -0.4 is 9.47 Å². The number of benzene rings is 2. The molecule has 0 atom stereocenters. The largest absolute Gasteiger partial charge is 0.497 e. The van der Waals surface area contributed by atoms with Crippen molar-refractivity contribution in [1.82, 2.24) is 4.57 Å². The molecule has 246 valence electrons. The van der Waals surface area contributed by atoms with E-state index in [4.69, 9.17) is 27.6 Å². The Kier molecular flexibility index (Phi) is 12.8. The first kappa shape index (κ1) is 36.3. The average molecular weight is 652 g/mol. The number of methoxy groups -OCH3 is 2. The second kappa shape index (κ2) is 15.4. The normalized spacial score (nSPS) is 12.9. The Labute approximate surface area is 263 Å². The summed E-state index contributed by atoms with van der Waals surface area (Å²) in [6, 6.07) is 14.0. The molecular weight excluding hydrogens is 600 g/mol. The van der Waals surface area contributed by atoms with Gasteiger partial charge in [-0.15, -0.1) is 0 Å². The molecule has 1 heterocycles. The topological polar surface area (TPSA) is 94.5 Å². The van der Waals surface area contributed by atoms with Crippen LogP contribution in [0, 0.1) is 6.92 Å². The monoisotopic (exact) mass is 651 g/mol. The summed E-state index contributed by atoms with van der Waals surface area (Å²) in [5, 5.41) is -0.0438. The molecule has 0 N–H and O–H groups in total. The van der Waals surface area contributed by atoms with Crippen LogP contribution in [0.15, 0.2) is 42.5 Å². The second-order valence-electron chi connectivity index (χ2n) is 12.1. The van der Waals surface area contributed by atoms with Gasteiger partial charge in [0.1, 0.15) is 11.5 Å². The van der Waals surface area contributed by atoms with Gasteiger partial charge >= 0.3 is 15.2 Å². The molecule has 0 bridgehead atoms. The lowest BCUT2D eigenvalue weighted by Gasteiger charge is -2.35. The second-order valence-corrected chi connectivity index (χ2v) is 16.7. The van der Waals surface area contributed by atoms with Crippen molar-refractivity contribution in [2.24, 2.45) is 0 Å². The van der Waals surface area contributed by atoms with Crippen LogP contribution in [0.2, 0.25) is 0 Å². The van der Waals surface area contributed by atoms with Crippen LogP contribution in [0.5, 0.6) is 11.5 Å². The van der Waals surface area contributed by atoms with Gasteiger partial charge in [-0.1, -0.05) is 0 Å². The fraction of sp³-hybridized carbons (Fsp3) is 0.576. The first-order chi connectivity index (χ1) is 20.6. The van der Waals surface area contributed by atoms with Crippen LogP contribution in [0.25, 0.3) is 22.2 Å². The Balaban J connectivity index is 2.12. The van der Waals surface area contributed by atoms with Gasteiger partial charge in [0.05, 0.1) is 44.3 Å². The minimum Gasteiger partial charge on any atom is -0.497 e. The lowest BCUT2D eigenvalue weighted by molar-refractivity contribution is 0.121. The zero-order valence-corrected chi connectivity index (χ0v) is 29.9. The number of rotatable bonds is 17. The molecule has 44 heavy (non-hydrogen) atoms. The van der Waals surface area contributed by atoms with Crippen LogP contribution in [0.1, 0.15) is 73.8 Å². The Hall–Kier alpha value is -2.12. The number of aromatic nitrogens is 1. The van der Waals surface area contributed by atoms with Crippen molar-refractivity contribution in [2.75, 3.05) is 14.2 Å². The molecule has 0 radical (unpaired) electrons. The third-order valence-electron chi connectivity index (χ3n) is 6.89. The number of fused-ring (bicyclic) bond motifs is 1. The number of aryl methyl sites for hydroxylation is 2. The summed E-state index contributed by atoms with van der Waals surface area (Å²) in [4.78, 5) is 0. The first-order valence-electron chi connectivity index (χ1n) is 15.4. The fourth-order valence-electron chi connectivity index (χ4n) is 5.41. The van der Waals surface area contributed by atoms with Crippen molar-refractivity contribution >= 4 is 26.1 Å². The third kappa shape index (κ3) is 8.78. The van der Waals surface area contributed by atoms with E-state index in [1.165, 1.54) is 0 Å². The molecule has 0 aliphatic rings. The van der Waals surface area contributed by atoms with E-state index in [-0.39, 0.29) is 6.42 Å². The van der Waals surface area contributed by atoms with Gasteiger partial charge in [0.15, 0.2) is 5.40 Å². The number of ether oxygens (including phenoxy) is 2. The highest BCUT2D eigenvalue weighted by Crippen LogP contribution is 2.73. The molecule has 3 aromatic rings. The summed E-state index contributed by atoms with van der Waals surface area (Å²) in [7, 11) is -4.66. The van der Waals surface area contributed by atoms with Crippen LogP contribution in [0.4, 0.5) is 0 Å². The SMILES string of the molecule is COc1ccc(-c2c(C)c3cc(OC)ccc3n2CCCC(P(=O)(OC(C)C)OC(C)C)P(=O)(OC(C)C)OC(C)C)cc1. The third-order valence-corrected chi connectivity index (χ3v) is 13.4. The quantitative estimate of drug-likeness (QED) is 0.133. The van der Waals surface area contributed by atoms with Crippen molar-refractivity contribution in [2.45, 2.75) is 112 Å². The van der Waals surface area contributed by atoms with Gasteiger partial charge in [0.2, 0.25) is 0 Å².